The summed E-state index contributed by atoms with van der Waals surface area (Å²) in [5.41, 5.74) is 11.6. The third-order valence-corrected chi connectivity index (χ3v) is 3.70. The lowest BCUT2D eigenvalue weighted by Gasteiger charge is -2.18. The molecule has 1 unspecified atom stereocenters. The molecule has 3 N–H and O–H groups in total. The van der Waals surface area contributed by atoms with E-state index in [0.29, 0.717) is 0 Å². The van der Waals surface area contributed by atoms with E-state index in [4.69, 9.17) is 5.73 Å². The molecule has 0 saturated heterocycles. The van der Waals surface area contributed by atoms with Gasteiger partial charge < -0.3 is 11.1 Å². The minimum Gasteiger partial charge on any atom is -0.323 e. The van der Waals surface area contributed by atoms with Crippen LogP contribution in [-0.2, 0) is 0 Å². The number of benzene rings is 1. The van der Waals surface area contributed by atoms with Crippen LogP contribution in [0.4, 0.5) is 0 Å². The summed E-state index contributed by atoms with van der Waals surface area (Å²) in [5, 5.41) is 3.49. The SMILES string of the molecule is Cc1ccc(C(N)CNC2CC2)c(C)c1C. The zero-order valence-electron chi connectivity index (χ0n) is 10.5. The van der Waals surface area contributed by atoms with E-state index in [-0.39, 0.29) is 6.04 Å². The number of hydrogen-bond donors (Lipinski definition) is 2. The van der Waals surface area contributed by atoms with Gasteiger partial charge in [0.2, 0.25) is 0 Å². The zero-order valence-corrected chi connectivity index (χ0v) is 10.5. The number of nitrogens with two attached hydrogens (primary N) is 1. The van der Waals surface area contributed by atoms with Crippen LogP contribution in [0, 0.1) is 20.8 Å². The molecular weight excluding hydrogens is 196 g/mol. The Labute approximate surface area is 98.2 Å². The highest BCUT2D eigenvalue weighted by Gasteiger charge is 2.21. The van der Waals surface area contributed by atoms with Crippen molar-refractivity contribution in [1.82, 2.24) is 5.32 Å². The number of nitrogens with one attached hydrogen (secondary N) is 1. The highest BCUT2D eigenvalue weighted by molar-refractivity contribution is 5.40. The van der Waals surface area contributed by atoms with Gasteiger partial charge in [0.15, 0.2) is 0 Å². The fourth-order valence-corrected chi connectivity index (χ4v) is 2.07. The maximum atomic E-state index is 6.23. The Morgan fingerprint density at radius 2 is 1.94 bits per heavy atom. The first kappa shape index (κ1) is 11.6. The molecule has 16 heavy (non-hydrogen) atoms. The van der Waals surface area contributed by atoms with E-state index in [1.54, 1.807) is 0 Å². The topological polar surface area (TPSA) is 38.0 Å². The molecular formula is C14H22N2. The summed E-state index contributed by atoms with van der Waals surface area (Å²) in [7, 11) is 0. The predicted molar refractivity (Wildman–Crippen MR) is 68.6 cm³/mol. The summed E-state index contributed by atoms with van der Waals surface area (Å²) in [6, 6.07) is 5.21. The van der Waals surface area contributed by atoms with Crippen LogP contribution in [-0.4, -0.2) is 12.6 Å². The van der Waals surface area contributed by atoms with Gasteiger partial charge in [-0.15, -0.1) is 0 Å². The molecule has 2 heteroatoms. The normalized spacial score (nSPS) is 17.5. The monoisotopic (exact) mass is 218 g/mol. The number of rotatable bonds is 4. The smallest absolute Gasteiger partial charge is 0.0424 e. The van der Waals surface area contributed by atoms with Gasteiger partial charge in [0.1, 0.15) is 0 Å². The molecule has 1 atom stereocenters. The molecule has 0 amide bonds. The first-order valence-electron chi connectivity index (χ1n) is 6.15. The summed E-state index contributed by atoms with van der Waals surface area (Å²) in [6.07, 6.45) is 2.64. The number of aryl methyl sites for hydroxylation is 1. The van der Waals surface area contributed by atoms with Crippen LogP contribution in [0.1, 0.15) is 41.1 Å². The molecule has 1 aliphatic carbocycles. The van der Waals surface area contributed by atoms with Crippen LogP contribution >= 0.6 is 0 Å². The first-order valence-corrected chi connectivity index (χ1v) is 6.15. The van der Waals surface area contributed by atoms with Gasteiger partial charge in [0.05, 0.1) is 0 Å². The van der Waals surface area contributed by atoms with Gasteiger partial charge in [0, 0.05) is 18.6 Å². The molecule has 0 aliphatic heterocycles. The predicted octanol–water partition coefficient (Wildman–Crippen LogP) is 2.36. The molecule has 0 spiro atoms. The van der Waals surface area contributed by atoms with Gasteiger partial charge in [-0.2, -0.15) is 0 Å². The van der Waals surface area contributed by atoms with Crippen LogP contribution in [0.25, 0.3) is 0 Å². The van der Waals surface area contributed by atoms with Crippen molar-refractivity contribution in [2.24, 2.45) is 5.73 Å². The van der Waals surface area contributed by atoms with E-state index in [1.165, 1.54) is 35.1 Å². The largest absolute Gasteiger partial charge is 0.323 e. The van der Waals surface area contributed by atoms with E-state index in [9.17, 15) is 0 Å². The van der Waals surface area contributed by atoms with Crippen molar-refractivity contribution in [2.75, 3.05) is 6.54 Å². The van der Waals surface area contributed by atoms with Crippen molar-refractivity contribution < 1.29 is 0 Å². The van der Waals surface area contributed by atoms with Gasteiger partial charge in [-0.1, -0.05) is 12.1 Å². The maximum absolute atomic E-state index is 6.23. The van der Waals surface area contributed by atoms with E-state index in [1.807, 2.05) is 0 Å². The fraction of sp³-hybridized carbons (Fsp3) is 0.571. The zero-order chi connectivity index (χ0) is 11.7. The van der Waals surface area contributed by atoms with Crippen molar-refractivity contribution in [2.45, 2.75) is 45.7 Å². The molecule has 2 rings (SSSR count). The van der Waals surface area contributed by atoms with Gasteiger partial charge in [-0.05, 0) is 55.9 Å². The fourth-order valence-electron chi connectivity index (χ4n) is 2.07. The molecule has 0 aromatic heterocycles. The van der Waals surface area contributed by atoms with Gasteiger partial charge in [-0.3, -0.25) is 0 Å². The average Bonchev–Trinajstić information content (AvgIpc) is 3.07. The lowest BCUT2D eigenvalue weighted by Crippen LogP contribution is -2.29. The molecule has 1 aliphatic rings. The Morgan fingerprint density at radius 3 is 2.56 bits per heavy atom. The lowest BCUT2D eigenvalue weighted by atomic mass is 9.94. The Hall–Kier alpha value is -0.860. The summed E-state index contributed by atoms with van der Waals surface area (Å²) in [4.78, 5) is 0. The van der Waals surface area contributed by atoms with Crippen LogP contribution < -0.4 is 11.1 Å². The van der Waals surface area contributed by atoms with E-state index in [0.717, 1.165) is 12.6 Å². The van der Waals surface area contributed by atoms with Gasteiger partial charge >= 0.3 is 0 Å². The van der Waals surface area contributed by atoms with Crippen molar-refractivity contribution in [3.05, 3.63) is 34.4 Å². The molecule has 1 fully saturated rings. The highest BCUT2D eigenvalue weighted by Crippen LogP contribution is 2.23. The summed E-state index contributed by atoms with van der Waals surface area (Å²) < 4.78 is 0. The van der Waals surface area contributed by atoms with Crippen LogP contribution in [0.15, 0.2) is 12.1 Å². The van der Waals surface area contributed by atoms with Crippen molar-refractivity contribution in [3.63, 3.8) is 0 Å². The second kappa shape index (κ2) is 4.56. The van der Waals surface area contributed by atoms with E-state index < -0.39 is 0 Å². The van der Waals surface area contributed by atoms with Crippen LogP contribution in [0.5, 0.6) is 0 Å². The van der Waals surface area contributed by atoms with Crippen molar-refractivity contribution in [1.29, 1.82) is 0 Å². The minimum atomic E-state index is 0.125. The lowest BCUT2D eigenvalue weighted by molar-refractivity contribution is 0.593. The van der Waals surface area contributed by atoms with Gasteiger partial charge in [0.25, 0.3) is 0 Å². The molecule has 0 bridgehead atoms. The summed E-state index contributed by atoms with van der Waals surface area (Å²) >= 11 is 0. The molecule has 0 heterocycles. The third kappa shape index (κ3) is 2.45. The Bertz CT molecular complexity index is 381. The molecule has 1 saturated carbocycles. The Kier molecular flexibility index (Phi) is 3.31. The second-order valence-corrected chi connectivity index (χ2v) is 5.01. The summed E-state index contributed by atoms with van der Waals surface area (Å²) in [5.74, 6) is 0. The molecule has 0 radical (unpaired) electrons. The first-order chi connectivity index (χ1) is 7.59. The molecule has 1 aromatic carbocycles. The number of hydrogen-bond acceptors (Lipinski definition) is 2. The van der Waals surface area contributed by atoms with Crippen LogP contribution in [0.3, 0.4) is 0 Å². The van der Waals surface area contributed by atoms with Crippen LogP contribution in [0.2, 0.25) is 0 Å². The maximum Gasteiger partial charge on any atom is 0.0424 e. The van der Waals surface area contributed by atoms with Gasteiger partial charge in [-0.25, -0.2) is 0 Å². The Balaban J connectivity index is 2.09. The second-order valence-electron chi connectivity index (χ2n) is 5.01. The van der Waals surface area contributed by atoms with E-state index >= 15 is 0 Å². The highest BCUT2D eigenvalue weighted by atomic mass is 15.0. The quantitative estimate of drug-likeness (QED) is 0.814. The minimum absolute atomic E-state index is 0.125. The van der Waals surface area contributed by atoms with Crippen molar-refractivity contribution in [3.8, 4) is 0 Å². The molecule has 2 nitrogen and oxygen atoms in total. The Morgan fingerprint density at radius 1 is 1.25 bits per heavy atom. The van der Waals surface area contributed by atoms with E-state index in [2.05, 4.69) is 38.2 Å². The average molecular weight is 218 g/mol. The molecule has 1 aromatic rings. The van der Waals surface area contributed by atoms with Crippen molar-refractivity contribution >= 4 is 0 Å². The summed E-state index contributed by atoms with van der Waals surface area (Å²) in [6.45, 7) is 7.40. The molecule has 88 valence electrons. The standard InChI is InChI=1S/C14H22N2/c1-9-4-7-13(11(3)10(9)2)14(15)8-16-12-5-6-12/h4,7,12,14,16H,5-6,8,15H2,1-3H3. The third-order valence-electron chi connectivity index (χ3n) is 3.70.